The molecule has 0 saturated carbocycles. The van der Waals surface area contributed by atoms with E-state index in [4.69, 9.17) is 4.42 Å². The number of hydrogen-bond donors (Lipinski definition) is 1. The summed E-state index contributed by atoms with van der Waals surface area (Å²) in [5.41, 5.74) is 3.28. The second-order valence-electron chi connectivity index (χ2n) is 6.26. The monoisotopic (exact) mass is 366 g/mol. The number of esters is 1. The Labute approximate surface area is 157 Å². The van der Waals surface area contributed by atoms with Crippen LogP contribution in [0.3, 0.4) is 0 Å². The molecule has 0 fully saturated rings. The third-order valence-corrected chi connectivity index (χ3v) is 4.27. The number of carbonyl (C=O) groups excluding carboxylic acids is 2. The highest BCUT2D eigenvalue weighted by Crippen LogP contribution is 2.18. The summed E-state index contributed by atoms with van der Waals surface area (Å²) in [5.74, 6) is 0.131. The molecule has 140 valence electrons. The maximum Gasteiger partial charge on any atom is 0.337 e. The minimum Gasteiger partial charge on any atom is -0.465 e. The van der Waals surface area contributed by atoms with Crippen LogP contribution in [0.15, 0.2) is 46.9 Å². The number of oxazole rings is 1. The predicted octanol–water partition coefficient (Wildman–Crippen LogP) is 3.89. The molecule has 0 spiro atoms. The molecule has 1 heterocycles. The van der Waals surface area contributed by atoms with Gasteiger partial charge in [0.05, 0.1) is 12.7 Å². The lowest BCUT2D eigenvalue weighted by atomic mass is 10.1. The van der Waals surface area contributed by atoms with E-state index in [1.165, 1.54) is 7.11 Å². The summed E-state index contributed by atoms with van der Waals surface area (Å²) in [7, 11) is 1.34. The number of aromatic nitrogens is 1. The van der Waals surface area contributed by atoms with E-state index in [9.17, 15) is 9.59 Å². The van der Waals surface area contributed by atoms with Crippen LogP contribution >= 0.6 is 0 Å². The minimum absolute atomic E-state index is 0.188. The molecule has 3 aromatic rings. The summed E-state index contributed by atoms with van der Waals surface area (Å²) in [6.45, 7) is 2.48. The summed E-state index contributed by atoms with van der Waals surface area (Å²) in [6, 6.07) is 12.2. The van der Waals surface area contributed by atoms with Gasteiger partial charge in [-0.05, 0) is 42.3 Å². The van der Waals surface area contributed by atoms with Gasteiger partial charge in [-0.25, -0.2) is 9.78 Å². The number of hydrogen-bond acceptors (Lipinski definition) is 5. The van der Waals surface area contributed by atoms with Crippen molar-refractivity contribution in [3.63, 3.8) is 0 Å². The van der Waals surface area contributed by atoms with E-state index in [2.05, 4.69) is 22.0 Å². The zero-order chi connectivity index (χ0) is 19.2. The number of fused-ring (bicyclic) bond motifs is 1. The number of benzene rings is 2. The lowest BCUT2D eigenvalue weighted by Gasteiger charge is -2.06. The number of methoxy groups -OCH3 is 1. The molecule has 0 bridgehead atoms. The van der Waals surface area contributed by atoms with Crippen molar-refractivity contribution >= 4 is 23.0 Å². The fourth-order valence-electron chi connectivity index (χ4n) is 2.71. The quantitative estimate of drug-likeness (QED) is 0.642. The highest BCUT2D eigenvalue weighted by Gasteiger charge is 2.11. The molecule has 2 aromatic carbocycles. The Morgan fingerprint density at radius 1 is 1.11 bits per heavy atom. The summed E-state index contributed by atoms with van der Waals surface area (Å²) in [6.07, 6.45) is 2.90. The van der Waals surface area contributed by atoms with Gasteiger partial charge >= 0.3 is 5.97 Å². The van der Waals surface area contributed by atoms with Crippen LogP contribution in [0.25, 0.3) is 11.1 Å². The third-order valence-electron chi connectivity index (χ3n) is 4.27. The first-order valence-corrected chi connectivity index (χ1v) is 8.95. The van der Waals surface area contributed by atoms with Gasteiger partial charge in [0.1, 0.15) is 5.52 Å². The predicted molar refractivity (Wildman–Crippen MR) is 102 cm³/mol. The zero-order valence-corrected chi connectivity index (χ0v) is 15.5. The zero-order valence-electron chi connectivity index (χ0n) is 15.5. The largest absolute Gasteiger partial charge is 0.465 e. The van der Waals surface area contributed by atoms with Crippen LogP contribution in [0, 0.1) is 0 Å². The van der Waals surface area contributed by atoms with Gasteiger partial charge in [0.25, 0.3) is 5.91 Å². The lowest BCUT2D eigenvalue weighted by molar-refractivity contribution is 0.0600. The maximum absolute atomic E-state index is 12.4. The van der Waals surface area contributed by atoms with Crippen LogP contribution < -0.4 is 5.32 Å². The average molecular weight is 366 g/mol. The number of unbranched alkanes of at least 4 members (excludes halogenated alkanes) is 1. The second kappa shape index (κ2) is 8.49. The number of nitrogens with one attached hydrogen (secondary N) is 1. The van der Waals surface area contributed by atoms with Crippen LogP contribution in [0.1, 0.15) is 51.9 Å². The van der Waals surface area contributed by atoms with E-state index in [1.54, 1.807) is 42.5 Å². The molecular formula is C21H22N2O4. The molecule has 1 amide bonds. The van der Waals surface area contributed by atoms with Crippen molar-refractivity contribution in [1.82, 2.24) is 10.3 Å². The second-order valence-corrected chi connectivity index (χ2v) is 6.26. The van der Waals surface area contributed by atoms with Crippen molar-refractivity contribution in [1.29, 1.82) is 0 Å². The summed E-state index contributed by atoms with van der Waals surface area (Å²) in [4.78, 5) is 28.3. The summed E-state index contributed by atoms with van der Waals surface area (Å²) >= 11 is 0. The molecular weight excluding hydrogens is 344 g/mol. The van der Waals surface area contributed by atoms with E-state index < -0.39 is 0 Å². The first kappa shape index (κ1) is 18.6. The van der Waals surface area contributed by atoms with E-state index >= 15 is 0 Å². The van der Waals surface area contributed by atoms with E-state index in [0.717, 1.165) is 24.8 Å². The van der Waals surface area contributed by atoms with Crippen molar-refractivity contribution in [2.75, 3.05) is 7.11 Å². The van der Waals surface area contributed by atoms with Crippen LogP contribution in [-0.4, -0.2) is 24.0 Å². The van der Waals surface area contributed by atoms with E-state index in [-0.39, 0.29) is 11.9 Å². The molecule has 0 aliphatic carbocycles. The highest BCUT2D eigenvalue weighted by atomic mass is 16.5. The Bertz CT molecular complexity index is 944. The fraction of sp³-hybridized carbons (Fsp3) is 0.286. The van der Waals surface area contributed by atoms with Crippen molar-refractivity contribution in [2.45, 2.75) is 32.7 Å². The number of rotatable bonds is 7. The number of carbonyl (C=O) groups is 2. The molecule has 0 aliphatic rings. The normalized spacial score (nSPS) is 10.7. The Hall–Kier alpha value is -3.15. The molecule has 0 atom stereocenters. The highest BCUT2D eigenvalue weighted by molar-refractivity contribution is 5.97. The van der Waals surface area contributed by atoms with Gasteiger partial charge < -0.3 is 14.5 Å². The maximum atomic E-state index is 12.4. The molecule has 1 aromatic heterocycles. The van der Waals surface area contributed by atoms with Gasteiger partial charge in [0, 0.05) is 18.5 Å². The van der Waals surface area contributed by atoms with Crippen molar-refractivity contribution in [3.05, 3.63) is 65.0 Å². The van der Waals surface area contributed by atoms with Gasteiger partial charge in [-0.2, -0.15) is 0 Å². The average Bonchev–Trinajstić information content (AvgIpc) is 3.12. The molecule has 0 aliphatic heterocycles. The molecule has 0 radical (unpaired) electrons. The number of ether oxygens (including phenoxy) is 1. The van der Waals surface area contributed by atoms with E-state index in [0.29, 0.717) is 34.7 Å². The first-order valence-electron chi connectivity index (χ1n) is 8.95. The number of nitrogens with zero attached hydrogens (tertiary/aromatic N) is 1. The molecule has 1 N–H and O–H groups in total. The van der Waals surface area contributed by atoms with Gasteiger partial charge in [-0.1, -0.05) is 25.5 Å². The first-order chi connectivity index (χ1) is 13.1. The van der Waals surface area contributed by atoms with Crippen LogP contribution in [0.5, 0.6) is 0 Å². The minimum atomic E-state index is -0.384. The smallest absolute Gasteiger partial charge is 0.337 e. The summed E-state index contributed by atoms with van der Waals surface area (Å²) < 4.78 is 10.4. The van der Waals surface area contributed by atoms with Gasteiger partial charge in [0.15, 0.2) is 11.5 Å². The fourth-order valence-corrected chi connectivity index (χ4v) is 2.71. The Kier molecular flexibility index (Phi) is 5.86. The molecule has 0 unspecified atom stereocenters. The van der Waals surface area contributed by atoms with Crippen molar-refractivity contribution < 1.29 is 18.7 Å². The Morgan fingerprint density at radius 3 is 2.56 bits per heavy atom. The molecule has 6 nitrogen and oxygen atoms in total. The summed E-state index contributed by atoms with van der Waals surface area (Å²) in [5, 5.41) is 2.87. The van der Waals surface area contributed by atoms with Gasteiger partial charge in [0.2, 0.25) is 0 Å². The van der Waals surface area contributed by atoms with Gasteiger partial charge in [-0.3, -0.25) is 4.79 Å². The van der Waals surface area contributed by atoms with Crippen molar-refractivity contribution in [3.8, 4) is 0 Å². The van der Waals surface area contributed by atoms with Crippen LogP contribution in [0.2, 0.25) is 0 Å². The molecule has 6 heteroatoms. The topological polar surface area (TPSA) is 81.4 Å². The van der Waals surface area contributed by atoms with Crippen LogP contribution in [-0.2, 0) is 17.7 Å². The SMILES string of the molecule is CCCCc1nc2cc(C(=O)NCc3ccc(C(=O)OC)cc3)ccc2o1. The third kappa shape index (κ3) is 4.53. The molecule has 0 saturated heterocycles. The standard InChI is InChI=1S/C21H22N2O4/c1-3-4-5-19-23-17-12-16(10-11-18(17)27-19)20(24)22-13-14-6-8-15(9-7-14)21(25)26-2/h6-12H,3-5,13H2,1-2H3,(H,22,24). The number of amides is 1. The molecule has 27 heavy (non-hydrogen) atoms. The number of aryl methyl sites for hydroxylation is 1. The lowest BCUT2D eigenvalue weighted by Crippen LogP contribution is -2.22. The van der Waals surface area contributed by atoms with Crippen LogP contribution in [0.4, 0.5) is 0 Å². The molecule has 3 rings (SSSR count). The van der Waals surface area contributed by atoms with Gasteiger partial charge in [-0.15, -0.1) is 0 Å². The van der Waals surface area contributed by atoms with E-state index in [1.807, 2.05) is 0 Å². The van der Waals surface area contributed by atoms with Crippen molar-refractivity contribution in [2.24, 2.45) is 0 Å². The Balaban J connectivity index is 1.64. The Morgan fingerprint density at radius 2 is 1.85 bits per heavy atom.